The lowest BCUT2D eigenvalue weighted by Crippen LogP contribution is -2.31. The summed E-state index contributed by atoms with van der Waals surface area (Å²) in [6.45, 7) is 1.84. The molecule has 1 N–H and O–H groups in total. The molecular weight excluding hydrogens is 288 g/mol. The zero-order chi connectivity index (χ0) is 14.8. The predicted molar refractivity (Wildman–Crippen MR) is 82.0 cm³/mol. The number of carboxylic acid groups (broad SMARTS) is 1. The molecule has 2 aromatic rings. The number of anilines is 1. The van der Waals surface area contributed by atoms with Crippen molar-refractivity contribution < 1.29 is 9.90 Å². The molecule has 0 bridgehead atoms. The Balaban J connectivity index is 1.83. The Labute approximate surface area is 126 Å². The van der Waals surface area contributed by atoms with Crippen molar-refractivity contribution in [2.75, 3.05) is 11.4 Å². The van der Waals surface area contributed by atoms with Crippen LogP contribution in [0.4, 0.5) is 5.69 Å². The van der Waals surface area contributed by atoms with Crippen molar-refractivity contribution in [2.45, 2.75) is 25.9 Å². The van der Waals surface area contributed by atoms with Crippen LogP contribution in [0.15, 0.2) is 35.1 Å². The number of rotatable bonds is 4. The second kappa shape index (κ2) is 5.73. The zero-order valence-electron chi connectivity index (χ0n) is 11.5. The molecule has 6 heteroatoms. The highest BCUT2D eigenvalue weighted by molar-refractivity contribution is 7.09. The van der Waals surface area contributed by atoms with E-state index in [1.54, 1.807) is 4.57 Å². The molecule has 1 aromatic heterocycles. The Morgan fingerprint density at radius 2 is 2.05 bits per heavy atom. The SMILES string of the molecule is O=C(O)CCn1c2c(sc1=O)CN(c1ccccc1)CC2. The maximum atomic E-state index is 12.0. The van der Waals surface area contributed by atoms with Gasteiger partial charge in [0.15, 0.2) is 0 Å². The summed E-state index contributed by atoms with van der Waals surface area (Å²) in [5.74, 6) is -0.872. The molecule has 0 amide bonds. The van der Waals surface area contributed by atoms with Crippen molar-refractivity contribution in [1.29, 1.82) is 0 Å². The lowest BCUT2D eigenvalue weighted by molar-refractivity contribution is -0.137. The van der Waals surface area contributed by atoms with Crippen LogP contribution in [0.2, 0.25) is 0 Å². The lowest BCUT2D eigenvalue weighted by Gasteiger charge is -2.29. The van der Waals surface area contributed by atoms with Crippen LogP contribution in [-0.2, 0) is 24.3 Å². The van der Waals surface area contributed by atoms with Crippen LogP contribution in [0.3, 0.4) is 0 Å². The third-order valence-corrected chi connectivity index (χ3v) is 4.71. The molecule has 1 aromatic carbocycles. The van der Waals surface area contributed by atoms with Gasteiger partial charge in [-0.25, -0.2) is 0 Å². The largest absolute Gasteiger partial charge is 0.481 e. The van der Waals surface area contributed by atoms with E-state index in [9.17, 15) is 9.59 Å². The number of thiazole rings is 1. The fourth-order valence-electron chi connectivity index (χ4n) is 2.66. The monoisotopic (exact) mass is 304 g/mol. The summed E-state index contributed by atoms with van der Waals surface area (Å²) in [5, 5.41) is 8.78. The minimum Gasteiger partial charge on any atom is -0.481 e. The van der Waals surface area contributed by atoms with Crippen LogP contribution in [0, 0.1) is 0 Å². The van der Waals surface area contributed by atoms with Crippen molar-refractivity contribution in [3.63, 3.8) is 0 Å². The van der Waals surface area contributed by atoms with E-state index in [-0.39, 0.29) is 17.8 Å². The molecule has 0 aliphatic carbocycles. The number of carbonyl (C=O) groups is 1. The van der Waals surface area contributed by atoms with Gasteiger partial charge in [-0.3, -0.25) is 9.59 Å². The Kier molecular flexibility index (Phi) is 3.79. The molecule has 3 rings (SSSR count). The molecule has 1 aliphatic rings. The van der Waals surface area contributed by atoms with Crippen molar-refractivity contribution in [3.8, 4) is 0 Å². The van der Waals surface area contributed by atoms with Gasteiger partial charge in [-0.05, 0) is 12.1 Å². The van der Waals surface area contributed by atoms with Gasteiger partial charge < -0.3 is 14.6 Å². The highest BCUT2D eigenvalue weighted by Crippen LogP contribution is 2.26. The van der Waals surface area contributed by atoms with E-state index in [4.69, 9.17) is 5.11 Å². The van der Waals surface area contributed by atoms with Gasteiger partial charge >= 0.3 is 10.8 Å². The number of aromatic nitrogens is 1. The van der Waals surface area contributed by atoms with Crippen LogP contribution in [0.5, 0.6) is 0 Å². The number of hydrogen-bond donors (Lipinski definition) is 1. The van der Waals surface area contributed by atoms with Crippen molar-refractivity contribution in [2.24, 2.45) is 0 Å². The second-order valence-corrected chi connectivity index (χ2v) is 6.09. The standard InChI is InChI=1S/C15H16N2O3S/c18-14(19)7-9-17-12-6-8-16(10-13(12)21-15(17)20)11-4-2-1-3-5-11/h1-5H,6-10H2,(H,18,19). The molecule has 2 heterocycles. The average molecular weight is 304 g/mol. The maximum absolute atomic E-state index is 12.0. The molecule has 110 valence electrons. The van der Waals surface area contributed by atoms with Crippen LogP contribution in [-0.4, -0.2) is 22.2 Å². The van der Waals surface area contributed by atoms with Gasteiger partial charge in [0.25, 0.3) is 0 Å². The van der Waals surface area contributed by atoms with E-state index in [1.165, 1.54) is 11.3 Å². The fraction of sp³-hybridized carbons (Fsp3) is 0.333. The molecule has 0 fully saturated rings. The number of para-hydroxylation sites is 1. The number of nitrogens with zero attached hydrogens (tertiary/aromatic N) is 2. The number of aliphatic carboxylic acids is 1. The molecule has 0 saturated carbocycles. The molecule has 0 unspecified atom stereocenters. The van der Waals surface area contributed by atoms with Crippen LogP contribution in [0.25, 0.3) is 0 Å². The minimum absolute atomic E-state index is 0.00845. The number of benzene rings is 1. The molecule has 0 atom stereocenters. The summed E-state index contributed by atoms with van der Waals surface area (Å²) in [7, 11) is 0. The third kappa shape index (κ3) is 2.85. The summed E-state index contributed by atoms with van der Waals surface area (Å²) >= 11 is 1.24. The summed E-state index contributed by atoms with van der Waals surface area (Å²) in [4.78, 5) is 26.0. The normalized spacial score (nSPS) is 14.0. The van der Waals surface area contributed by atoms with Crippen molar-refractivity contribution >= 4 is 23.0 Å². The van der Waals surface area contributed by atoms with Gasteiger partial charge in [-0.15, -0.1) is 0 Å². The minimum atomic E-state index is -0.872. The first kappa shape index (κ1) is 13.9. The number of fused-ring (bicyclic) bond motifs is 1. The van der Waals surface area contributed by atoms with Gasteiger partial charge in [0.1, 0.15) is 0 Å². The first-order valence-electron chi connectivity index (χ1n) is 6.88. The maximum Gasteiger partial charge on any atom is 0.307 e. The van der Waals surface area contributed by atoms with Gasteiger partial charge in [-0.1, -0.05) is 29.5 Å². The average Bonchev–Trinajstić information content (AvgIpc) is 2.80. The summed E-state index contributed by atoms with van der Waals surface area (Å²) in [5.41, 5.74) is 2.17. The lowest BCUT2D eigenvalue weighted by atomic mass is 10.1. The van der Waals surface area contributed by atoms with Gasteiger partial charge in [0.2, 0.25) is 0 Å². The van der Waals surface area contributed by atoms with Gasteiger partial charge in [0.05, 0.1) is 13.0 Å². The molecule has 5 nitrogen and oxygen atoms in total. The van der Waals surface area contributed by atoms with Crippen molar-refractivity contribution in [1.82, 2.24) is 4.57 Å². The quantitative estimate of drug-likeness (QED) is 0.938. The first-order chi connectivity index (χ1) is 10.1. The Morgan fingerprint density at radius 3 is 2.76 bits per heavy atom. The molecule has 0 saturated heterocycles. The van der Waals surface area contributed by atoms with Crippen LogP contribution < -0.4 is 9.77 Å². The van der Waals surface area contributed by atoms with E-state index in [1.807, 2.05) is 18.2 Å². The van der Waals surface area contributed by atoms with Crippen molar-refractivity contribution in [3.05, 3.63) is 50.6 Å². The van der Waals surface area contributed by atoms with Crippen LogP contribution >= 0.6 is 11.3 Å². The summed E-state index contributed by atoms with van der Waals surface area (Å²) < 4.78 is 1.64. The van der Waals surface area contributed by atoms with E-state index in [2.05, 4.69) is 17.0 Å². The summed E-state index contributed by atoms with van der Waals surface area (Å²) in [6, 6.07) is 10.1. The molecule has 0 spiro atoms. The predicted octanol–water partition coefficient (Wildman–Crippen LogP) is 1.95. The van der Waals surface area contributed by atoms with Gasteiger partial charge in [-0.2, -0.15) is 0 Å². The van der Waals surface area contributed by atoms with Gasteiger partial charge in [0, 0.05) is 35.8 Å². The Morgan fingerprint density at radius 1 is 1.29 bits per heavy atom. The summed E-state index contributed by atoms with van der Waals surface area (Å²) in [6.07, 6.45) is 0.772. The smallest absolute Gasteiger partial charge is 0.307 e. The molecule has 1 aliphatic heterocycles. The topological polar surface area (TPSA) is 62.5 Å². The number of hydrogen-bond acceptors (Lipinski definition) is 4. The molecule has 0 radical (unpaired) electrons. The fourth-order valence-corrected chi connectivity index (χ4v) is 3.74. The van der Waals surface area contributed by atoms with Crippen LogP contribution in [0.1, 0.15) is 17.0 Å². The molecular formula is C15H16N2O3S. The first-order valence-corrected chi connectivity index (χ1v) is 7.70. The molecule has 21 heavy (non-hydrogen) atoms. The van der Waals surface area contributed by atoms with E-state index >= 15 is 0 Å². The Hall–Kier alpha value is -2.08. The number of carboxylic acids is 1. The van der Waals surface area contributed by atoms with E-state index in [0.717, 1.165) is 35.8 Å². The zero-order valence-corrected chi connectivity index (χ0v) is 12.3. The Bertz CT molecular complexity index is 705. The third-order valence-electron chi connectivity index (χ3n) is 3.70. The second-order valence-electron chi connectivity index (χ2n) is 5.04. The van der Waals surface area contributed by atoms with E-state index in [0.29, 0.717) is 0 Å². The highest BCUT2D eigenvalue weighted by Gasteiger charge is 2.23. The van der Waals surface area contributed by atoms with E-state index < -0.39 is 5.97 Å². The highest BCUT2D eigenvalue weighted by atomic mass is 32.1.